The first kappa shape index (κ1) is 17.7. The third-order valence-corrected chi connectivity index (χ3v) is 6.12. The summed E-state index contributed by atoms with van der Waals surface area (Å²) < 4.78 is 10.8. The van der Waals surface area contributed by atoms with Gasteiger partial charge in [0.1, 0.15) is 12.1 Å². The Morgan fingerprint density at radius 3 is 2.52 bits per heavy atom. The van der Waals surface area contributed by atoms with Crippen molar-refractivity contribution in [1.82, 2.24) is 9.97 Å². The van der Waals surface area contributed by atoms with Gasteiger partial charge in [0.2, 0.25) is 0 Å². The molecule has 1 aromatic carbocycles. The van der Waals surface area contributed by atoms with Gasteiger partial charge >= 0.3 is 0 Å². The Bertz CT molecular complexity index is 883. The number of fused-ring (bicyclic) bond motifs is 1. The molecule has 2 heterocycles. The van der Waals surface area contributed by atoms with Crippen LogP contribution in [0.4, 0.5) is 5.82 Å². The van der Waals surface area contributed by atoms with E-state index < -0.39 is 0 Å². The predicted molar refractivity (Wildman–Crippen MR) is 103 cm³/mol. The molecule has 8 nitrogen and oxygen atoms in total. The van der Waals surface area contributed by atoms with Gasteiger partial charge in [-0.05, 0) is 48.6 Å². The Hall–Kier alpha value is -2.73. The van der Waals surface area contributed by atoms with Gasteiger partial charge in [0, 0.05) is 36.0 Å². The fraction of sp³-hybridized carbons (Fsp3) is 0.579. The summed E-state index contributed by atoms with van der Waals surface area (Å²) in [4.78, 5) is 14.3. The fourth-order valence-electron chi connectivity index (χ4n) is 4.35. The van der Waals surface area contributed by atoms with Crippen LogP contribution in [0.1, 0.15) is 25.7 Å². The molecule has 4 rings (SSSR count). The standard InChI is InChI=1S/C19H24N6O2/c1-26-16-9-14-15(10-17(16)27-2)21-12-22-18(14)25-7-3-13(4-8-25)19(5-6-19)11-23-24-20/h9-10,12-13H,3-8,11H2,1-2H3. The van der Waals surface area contributed by atoms with Crippen LogP contribution in [0, 0.1) is 11.3 Å². The molecule has 2 fully saturated rings. The zero-order valence-corrected chi connectivity index (χ0v) is 15.8. The second kappa shape index (κ2) is 7.12. The van der Waals surface area contributed by atoms with Gasteiger partial charge < -0.3 is 14.4 Å². The lowest BCUT2D eigenvalue weighted by Crippen LogP contribution is -2.38. The number of aromatic nitrogens is 2. The van der Waals surface area contributed by atoms with Crippen molar-refractivity contribution >= 4 is 16.7 Å². The molecule has 0 amide bonds. The van der Waals surface area contributed by atoms with Gasteiger partial charge in [-0.1, -0.05) is 5.11 Å². The monoisotopic (exact) mass is 368 g/mol. The van der Waals surface area contributed by atoms with Crippen molar-refractivity contribution < 1.29 is 9.47 Å². The maximum atomic E-state index is 8.64. The number of benzene rings is 1. The predicted octanol–water partition coefficient (Wildman–Crippen LogP) is 3.95. The van der Waals surface area contributed by atoms with Crippen molar-refractivity contribution in [3.05, 3.63) is 28.9 Å². The molecule has 142 valence electrons. The number of ether oxygens (including phenoxy) is 2. The van der Waals surface area contributed by atoms with Crippen LogP contribution in [0.2, 0.25) is 0 Å². The van der Waals surface area contributed by atoms with Crippen LogP contribution in [-0.2, 0) is 0 Å². The summed E-state index contributed by atoms with van der Waals surface area (Å²) in [5.74, 6) is 2.92. The number of hydrogen-bond donors (Lipinski definition) is 0. The Balaban J connectivity index is 1.56. The lowest BCUT2D eigenvalue weighted by Gasteiger charge is -2.37. The molecular formula is C19H24N6O2. The molecule has 2 aliphatic rings. The smallest absolute Gasteiger partial charge is 0.162 e. The van der Waals surface area contributed by atoms with E-state index >= 15 is 0 Å². The van der Waals surface area contributed by atoms with Gasteiger partial charge in [-0.2, -0.15) is 0 Å². The normalized spacial score (nSPS) is 18.8. The van der Waals surface area contributed by atoms with E-state index in [1.165, 1.54) is 12.8 Å². The molecule has 0 N–H and O–H groups in total. The van der Waals surface area contributed by atoms with E-state index in [2.05, 4.69) is 24.9 Å². The van der Waals surface area contributed by atoms with E-state index in [0.29, 0.717) is 24.0 Å². The molecule has 0 bridgehead atoms. The van der Waals surface area contributed by atoms with Crippen molar-refractivity contribution in [2.45, 2.75) is 25.7 Å². The van der Waals surface area contributed by atoms with Crippen molar-refractivity contribution in [2.75, 3.05) is 38.8 Å². The SMILES string of the molecule is COc1cc2ncnc(N3CCC(C4(CN=[N+]=[N-])CC4)CC3)c2cc1OC. The van der Waals surface area contributed by atoms with E-state index in [9.17, 15) is 0 Å². The minimum absolute atomic E-state index is 0.253. The summed E-state index contributed by atoms with van der Waals surface area (Å²) in [6.07, 6.45) is 6.17. The van der Waals surface area contributed by atoms with E-state index in [-0.39, 0.29) is 5.41 Å². The molecule has 1 aromatic heterocycles. The highest BCUT2D eigenvalue weighted by Crippen LogP contribution is 2.55. The van der Waals surface area contributed by atoms with Crippen LogP contribution in [-0.4, -0.2) is 43.8 Å². The van der Waals surface area contributed by atoms with Crippen molar-refractivity contribution in [1.29, 1.82) is 0 Å². The maximum Gasteiger partial charge on any atom is 0.162 e. The number of rotatable bonds is 6. The maximum absolute atomic E-state index is 8.64. The van der Waals surface area contributed by atoms with Gasteiger partial charge in [0.05, 0.1) is 19.7 Å². The third kappa shape index (κ3) is 3.21. The van der Waals surface area contributed by atoms with Gasteiger partial charge in [0.25, 0.3) is 0 Å². The molecule has 27 heavy (non-hydrogen) atoms. The van der Waals surface area contributed by atoms with E-state index in [0.717, 1.165) is 42.7 Å². The van der Waals surface area contributed by atoms with E-state index in [1.807, 2.05) is 12.1 Å². The second-order valence-corrected chi connectivity index (χ2v) is 7.43. The summed E-state index contributed by atoms with van der Waals surface area (Å²) in [5, 5.41) is 4.83. The minimum atomic E-state index is 0.253. The van der Waals surface area contributed by atoms with Crippen LogP contribution in [0.25, 0.3) is 21.3 Å². The number of piperidine rings is 1. The van der Waals surface area contributed by atoms with Gasteiger partial charge in [-0.3, -0.25) is 0 Å². The Kier molecular flexibility index (Phi) is 4.66. The van der Waals surface area contributed by atoms with Crippen LogP contribution in [0.15, 0.2) is 23.6 Å². The highest BCUT2D eigenvalue weighted by atomic mass is 16.5. The van der Waals surface area contributed by atoms with Gasteiger partial charge in [-0.15, -0.1) is 0 Å². The quantitative estimate of drug-likeness (QED) is 0.437. The highest BCUT2D eigenvalue weighted by Gasteiger charge is 2.49. The number of hydrogen-bond acceptors (Lipinski definition) is 6. The Morgan fingerprint density at radius 1 is 1.19 bits per heavy atom. The summed E-state index contributed by atoms with van der Waals surface area (Å²) in [5.41, 5.74) is 9.75. The molecular weight excluding hydrogens is 344 g/mol. The average molecular weight is 368 g/mol. The van der Waals surface area contributed by atoms with Crippen LogP contribution >= 0.6 is 0 Å². The van der Waals surface area contributed by atoms with Crippen LogP contribution in [0.5, 0.6) is 11.5 Å². The lowest BCUT2D eigenvalue weighted by atomic mass is 9.81. The first-order valence-corrected chi connectivity index (χ1v) is 9.33. The Morgan fingerprint density at radius 2 is 1.89 bits per heavy atom. The molecule has 1 aliphatic carbocycles. The molecule has 1 saturated carbocycles. The first-order chi connectivity index (χ1) is 13.2. The largest absolute Gasteiger partial charge is 0.493 e. The van der Waals surface area contributed by atoms with Gasteiger partial charge in [-0.25, -0.2) is 9.97 Å². The summed E-state index contributed by atoms with van der Waals surface area (Å²) in [6, 6.07) is 3.85. The third-order valence-electron chi connectivity index (χ3n) is 6.12. The molecule has 1 aliphatic heterocycles. The fourth-order valence-corrected chi connectivity index (χ4v) is 4.35. The highest BCUT2D eigenvalue weighted by molar-refractivity contribution is 5.92. The molecule has 1 saturated heterocycles. The summed E-state index contributed by atoms with van der Waals surface area (Å²) in [6.45, 7) is 2.54. The zero-order chi connectivity index (χ0) is 18.9. The van der Waals surface area contributed by atoms with Gasteiger partial charge in [0.15, 0.2) is 11.5 Å². The van der Waals surface area contributed by atoms with Crippen LogP contribution in [0.3, 0.4) is 0 Å². The first-order valence-electron chi connectivity index (χ1n) is 9.33. The molecule has 0 radical (unpaired) electrons. The van der Waals surface area contributed by atoms with Crippen molar-refractivity contribution in [3.8, 4) is 11.5 Å². The lowest BCUT2D eigenvalue weighted by molar-refractivity contribution is 0.258. The number of azide groups is 1. The minimum Gasteiger partial charge on any atom is -0.493 e. The zero-order valence-electron chi connectivity index (χ0n) is 15.8. The van der Waals surface area contributed by atoms with E-state index in [1.54, 1.807) is 20.5 Å². The molecule has 8 heteroatoms. The summed E-state index contributed by atoms with van der Waals surface area (Å²) >= 11 is 0. The van der Waals surface area contributed by atoms with Crippen LogP contribution < -0.4 is 14.4 Å². The number of methoxy groups -OCH3 is 2. The van der Waals surface area contributed by atoms with E-state index in [4.69, 9.17) is 15.0 Å². The second-order valence-electron chi connectivity index (χ2n) is 7.43. The molecule has 2 aromatic rings. The summed E-state index contributed by atoms with van der Waals surface area (Å²) in [7, 11) is 3.26. The molecule has 0 atom stereocenters. The number of anilines is 1. The topological polar surface area (TPSA) is 96.2 Å². The Labute approximate surface area is 158 Å². The average Bonchev–Trinajstić information content (AvgIpc) is 3.52. The number of nitrogens with zero attached hydrogens (tertiary/aromatic N) is 6. The van der Waals surface area contributed by atoms with Crippen molar-refractivity contribution in [2.24, 2.45) is 16.4 Å². The molecule has 0 spiro atoms. The van der Waals surface area contributed by atoms with Crippen molar-refractivity contribution in [3.63, 3.8) is 0 Å². The molecule has 0 unspecified atom stereocenters.